The van der Waals surface area contributed by atoms with E-state index in [0.29, 0.717) is 17.8 Å². The lowest BCUT2D eigenvalue weighted by Gasteiger charge is -2.04. The Bertz CT molecular complexity index is 551. The molecule has 1 aromatic carbocycles. The highest BCUT2D eigenvalue weighted by Gasteiger charge is 2.11. The first kappa shape index (κ1) is 14.2. The monoisotopic (exact) mass is 323 g/mol. The molecule has 1 aromatic heterocycles. The molecule has 0 atom stereocenters. The molecule has 0 amide bonds. The normalized spacial score (nSPS) is 11.2. The van der Waals surface area contributed by atoms with Gasteiger partial charge in [-0.3, -0.25) is 0 Å². The van der Waals surface area contributed by atoms with Crippen LogP contribution >= 0.6 is 15.9 Å². The second-order valence-corrected chi connectivity index (χ2v) is 5.71. The van der Waals surface area contributed by atoms with Crippen molar-refractivity contribution >= 4 is 15.9 Å². The summed E-state index contributed by atoms with van der Waals surface area (Å²) >= 11 is 3.53. The standard InChI is InChI=1S/C14H18BrN3O/c1-9(2)16-7-6-13-17-14(18-19-13)11-5-4-10(3)8-12(11)15/h4-5,8-9,16H,6-7H2,1-3H3. The van der Waals surface area contributed by atoms with Gasteiger partial charge in [0.15, 0.2) is 0 Å². The number of aromatic nitrogens is 2. The Kier molecular flexibility index (Phi) is 4.71. The summed E-state index contributed by atoms with van der Waals surface area (Å²) in [4.78, 5) is 4.42. The second-order valence-electron chi connectivity index (χ2n) is 4.85. The molecule has 0 aliphatic rings. The average Bonchev–Trinajstić information content (AvgIpc) is 2.77. The molecular formula is C14H18BrN3O. The van der Waals surface area contributed by atoms with E-state index in [4.69, 9.17) is 4.52 Å². The highest BCUT2D eigenvalue weighted by Crippen LogP contribution is 2.26. The fourth-order valence-corrected chi connectivity index (χ4v) is 2.41. The van der Waals surface area contributed by atoms with Crippen LogP contribution in [0.15, 0.2) is 27.2 Å². The van der Waals surface area contributed by atoms with E-state index in [1.54, 1.807) is 0 Å². The molecule has 19 heavy (non-hydrogen) atoms. The van der Waals surface area contributed by atoms with Crippen LogP contribution in [0.1, 0.15) is 25.3 Å². The maximum Gasteiger partial charge on any atom is 0.228 e. The Morgan fingerprint density at radius 1 is 1.37 bits per heavy atom. The van der Waals surface area contributed by atoms with Gasteiger partial charge in [-0.1, -0.05) is 41.0 Å². The Balaban J connectivity index is 2.08. The fourth-order valence-electron chi connectivity index (χ4n) is 1.74. The topological polar surface area (TPSA) is 51.0 Å². The maximum absolute atomic E-state index is 5.26. The summed E-state index contributed by atoms with van der Waals surface area (Å²) < 4.78 is 6.25. The van der Waals surface area contributed by atoms with E-state index >= 15 is 0 Å². The van der Waals surface area contributed by atoms with Gasteiger partial charge >= 0.3 is 0 Å². The minimum atomic E-state index is 0.466. The molecule has 1 heterocycles. The molecule has 0 radical (unpaired) electrons. The lowest BCUT2D eigenvalue weighted by Crippen LogP contribution is -2.25. The van der Waals surface area contributed by atoms with E-state index in [1.807, 2.05) is 25.1 Å². The Morgan fingerprint density at radius 2 is 2.16 bits per heavy atom. The third kappa shape index (κ3) is 3.88. The molecule has 0 aliphatic heterocycles. The number of rotatable bonds is 5. The lowest BCUT2D eigenvalue weighted by molar-refractivity contribution is 0.374. The highest BCUT2D eigenvalue weighted by atomic mass is 79.9. The van der Waals surface area contributed by atoms with Crippen molar-refractivity contribution in [1.82, 2.24) is 15.5 Å². The predicted octanol–water partition coefficient (Wildman–Crippen LogP) is 3.35. The van der Waals surface area contributed by atoms with Crippen molar-refractivity contribution < 1.29 is 4.52 Å². The molecule has 4 nitrogen and oxygen atoms in total. The van der Waals surface area contributed by atoms with Crippen LogP contribution in [0, 0.1) is 6.92 Å². The van der Waals surface area contributed by atoms with Crippen LogP contribution in [0.5, 0.6) is 0 Å². The molecular weight excluding hydrogens is 306 g/mol. The molecule has 0 saturated heterocycles. The summed E-state index contributed by atoms with van der Waals surface area (Å²) in [5.74, 6) is 1.29. The molecule has 102 valence electrons. The summed E-state index contributed by atoms with van der Waals surface area (Å²) in [7, 11) is 0. The van der Waals surface area contributed by atoms with E-state index in [9.17, 15) is 0 Å². The smallest absolute Gasteiger partial charge is 0.228 e. The Labute approximate surface area is 121 Å². The van der Waals surface area contributed by atoms with Gasteiger partial charge in [0.05, 0.1) is 0 Å². The van der Waals surface area contributed by atoms with Gasteiger partial charge in [-0.2, -0.15) is 4.98 Å². The summed E-state index contributed by atoms with van der Waals surface area (Å²) in [5, 5.41) is 7.36. The number of aryl methyl sites for hydroxylation is 1. The summed E-state index contributed by atoms with van der Waals surface area (Å²) in [6, 6.07) is 6.55. The van der Waals surface area contributed by atoms with Gasteiger partial charge in [0.25, 0.3) is 0 Å². The van der Waals surface area contributed by atoms with Crippen molar-refractivity contribution in [3.05, 3.63) is 34.1 Å². The zero-order chi connectivity index (χ0) is 13.8. The third-order valence-corrected chi connectivity index (χ3v) is 3.38. The molecule has 0 spiro atoms. The van der Waals surface area contributed by atoms with E-state index in [1.165, 1.54) is 5.56 Å². The zero-order valence-corrected chi connectivity index (χ0v) is 13.0. The van der Waals surface area contributed by atoms with Crippen molar-refractivity contribution in [3.8, 4) is 11.4 Å². The number of hydrogen-bond donors (Lipinski definition) is 1. The SMILES string of the molecule is Cc1ccc(-c2noc(CCNC(C)C)n2)c(Br)c1. The minimum Gasteiger partial charge on any atom is -0.339 e. The average molecular weight is 324 g/mol. The summed E-state index contributed by atoms with van der Waals surface area (Å²) in [6.45, 7) is 7.12. The van der Waals surface area contributed by atoms with Crippen molar-refractivity contribution in [2.75, 3.05) is 6.54 Å². The predicted molar refractivity (Wildman–Crippen MR) is 79.0 cm³/mol. The third-order valence-electron chi connectivity index (χ3n) is 2.73. The highest BCUT2D eigenvalue weighted by molar-refractivity contribution is 9.10. The summed E-state index contributed by atoms with van der Waals surface area (Å²) in [5.41, 5.74) is 2.15. The van der Waals surface area contributed by atoms with Gasteiger partial charge in [-0.25, -0.2) is 0 Å². The quantitative estimate of drug-likeness (QED) is 0.916. The molecule has 5 heteroatoms. The van der Waals surface area contributed by atoms with Gasteiger partial charge in [0.2, 0.25) is 11.7 Å². The number of hydrogen-bond acceptors (Lipinski definition) is 4. The molecule has 0 aliphatic carbocycles. The van der Waals surface area contributed by atoms with Crippen LogP contribution in [-0.4, -0.2) is 22.7 Å². The minimum absolute atomic E-state index is 0.466. The van der Waals surface area contributed by atoms with Gasteiger partial charge in [-0.15, -0.1) is 0 Å². The maximum atomic E-state index is 5.26. The van der Waals surface area contributed by atoms with Crippen molar-refractivity contribution in [2.45, 2.75) is 33.2 Å². The second kappa shape index (κ2) is 6.30. The van der Waals surface area contributed by atoms with Gasteiger partial charge < -0.3 is 9.84 Å². The van der Waals surface area contributed by atoms with Crippen LogP contribution in [0.2, 0.25) is 0 Å². The molecule has 0 fully saturated rings. The first-order chi connectivity index (χ1) is 9.06. The Hall–Kier alpha value is -1.20. The van der Waals surface area contributed by atoms with Gasteiger partial charge in [0.1, 0.15) is 0 Å². The number of nitrogens with one attached hydrogen (secondary N) is 1. The van der Waals surface area contributed by atoms with E-state index in [0.717, 1.165) is 23.0 Å². The molecule has 2 rings (SSSR count). The number of benzene rings is 1. The fraction of sp³-hybridized carbons (Fsp3) is 0.429. The van der Waals surface area contributed by atoms with Crippen molar-refractivity contribution in [2.24, 2.45) is 0 Å². The molecule has 1 N–H and O–H groups in total. The molecule has 2 aromatic rings. The first-order valence-electron chi connectivity index (χ1n) is 6.39. The van der Waals surface area contributed by atoms with E-state index in [-0.39, 0.29) is 0 Å². The van der Waals surface area contributed by atoms with Crippen molar-refractivity contribution in [1.29, 1.82) is 0 Å². The lowest BCUT2D eigenvalue weighted by atomic mass is 10.1. The largest absolute Gasteiger partial charge is 0.339 e. The van der Waals surface area contributed by atoms with Crippen LogP contribution in [-0.2, 0) is 6.42 Å². The van der Waals surface area contributed by atoms with Gasteiger partial charge in [0, 0.05) is 29.0 Å². The van der Waals surface area contributed by atoms with E-state index in [2.05, 4.69) is 45.2 Å². The zero-order valence-electron chi connectivity index (χ0n) is 11.4. The number of nitrogens with zero attached hydrogens (tertiary/aromatic N) is 2. The van der Waals surface area contributed by atoms with Crippen LogP contribution in [0.4, 0.5) is 0 Å². The molecule has 0 saturated carbocycles. The van der Waals surface area contributed by atoms with Crippen LogP contribution in [0.3, 0.4) is 0 Å². The molecule has 0 bridgehead atoms. The van der Waals surface area contributed by atoms with E-state index < -0.39 is 0 Å². The van der Waals surface area contributed by atoms with Crippen LogP contribution in [0.25, 0.3) is 11.4 Å². The Morgan fingerprint density at radius 3 is 2.84 bits per heavy atom. The first-order valence-corrected chi connectivity index (χ1v) is 7.18. The summed E-state index contributed by atoms with van der Waals surface area (Å²) in [6.07, 6.45) is 0.745. The van der Waals surface area contributed by atoms with Gasteiger partial charge in [-0.05, 0) is 24.6 Å². The number of halogens is 1. The van der Waals surface area contributed by atoms with Crippen LogP contribution < -0.4 is 5.32 Å². The van der Waals surface area contributed by atoms with Crippen molar-refractivity contribution in [3.63, 3.8) is 0 Å². The molecule has 0 unspecified atom stereocenters.